The van der Waals surface area contributed by atoms with Gasteiger partial charge in [0.2, 0.25) is 0 Å². The van der Waals surface area contributed by atoms with Gasteiger partial charge in [-0.15, -0.1) is 0 Å². The fourth-order valence-electron chi connectivity index (χ4n) is 2.99. The van der Waals surface area contributed by atoms with Crippen LogP contribution in [0.25, 0.3) is 0 Å². The van der Waals surface area contributed by atoms with E-state index >= 15 is 0 Å². The van der Waals surface area contributed by atoms with Gasteiger partial charge in [-0.05, 0) is 49.1 Å². The Morgan fingerprint density at radius 1 is 1.10 bits per heavy atom. The second kappa shape index (κ2) is 8.43. The molecule has 0 saturated carbocycles. The normalized spacial score (nSPS) is 18.4. The molecule has 0 radical (unpaired) electrons. The largest absolute Gasteiger partial charge is 0.381 e. The molecule has 0 spiro atoms. The Hall–Kier alpha value is -0.860. The van der Waals surface area contributed by atoms with Gasteiger partial charge in [0.25, 0.3) is 0 Å². The van der Waals surface area contributed by atoms with Crippen LogP contribution in [0, 0.1) is 11.8 Å². The number of rotatable bonds is 7. The van der Waals surface area contributed by atoms with Gasteiger partial charge < -0.3 is 10.1 Å². The van der Waals surface area contributed by atoms with Gasteiger partial charge in [-0.2, -0.15) is 0 Å². The fourth-order valence-corrected chi connectivity index (χ4v) is 2.99. The maximum atomic E-state index is 5.48. The summed E-state index contributed by atoms with van der Waals surface area (Å²) in [6, 6.07) is 11.0. The highest BCUT2D eigenvalue weighted by Crippen LogP contribution is 2.28. The molecule has 0 amide bonds. The van der Waals surface area contributed by atoms with Gasteiger partial charge in [0, 0.05) is 19.8 Å². The summed E-state index contributed by atoms with van der Waals surface area (Å²) in [5, 5.41) is 3.64. The molecule has 1 aliphatic rings. The van der Waals surface area contributed by atoms with Crippen molar-refractivity contribution in [1.29, 1.82) is 0 Å². The van der Waals surface area contributed by atoms with E-state index in [0.29, 0.717) is 5.92 Å². The second-order valence-electron chi connectivity index (χ2n) is 6.45. The monoisotopic (exact) mass is 275 g/mol. The van der Waals surface area contributed by atoms with E-state index in [1.165, 1.54) is 24.8 Å². The average molecular weight is 275 g/mol. The SMILES string of the molecule is CC(C)CNCC(CC1CCOCC1)c1ccccc1. The third-order valence-electron chi connectivity index (χ3n) is 4.17. The van der Waals surface area contributed by atoms with Crippen LogP contribution >= 0.6 is 0 Å². The Bertz CT molecular complexity index is 357. The quantitative estimate of drug-likeness (QED) is 0.816. The summed E-state index contributed by atoms with van der Waals surface area (Å²) in [4.78, 5) is 0. The minimum atomic E-state index is 0.637. The van der Waals surface area contributed by atoms with Gasteiger partial charge in [-0.3, -0.25) is 0 Å². The second-order valence-corrected chi connectivity index (χ2v) is 6.45. The van der Waals surface area contributed by atoms with Gasteiger partial charge in [0.05, 0.1) is 0 Å². The molecule has 2 nitrogen and oxygen atoms in total. The fraction of sp³-hybridized carbons (Fsp3) is 0.667. The zero-order chi connectivity index (χ0) is 14.2. The molecular formula is C18H29NO. The van der Waals surface area contributed by atoms with Crippen molar-refractivity contribution in [2.24, 2.45) is 11.8 Å². The van der Waals surface area contributed by atoms with Crippen molar-refractivity contribution in [3.05, 3.63) is 35.9 Å². The zero-order valence-corrected chi connectivity index (χ0v) is 13.0. The summed E-state index contributed by atoms with van der Waals surface area (Å²) in [6.07, 6.45) is 3.75. The van der Waals surface area contributed by atoms with E-state index in [9.17, 15) is 0 Å². The number of hydrogen-bond donors (Lipinski definition) is 1. The zero-order valence-electron chi connectivity index (χ0n) is 13.0. The van der Waals surface area contributed by atoms with Gasteiger partial charge in [-0.25, -0.2) is 0 Å². The summed E-state index contributed by atoms with van der Waals surface area (Å²) in [5.74, 6) is 2.18. The predicted molar refractivity (Wildman–Crippen MR) is 85.1 cm³/mol. The number of benzene rings is 1. The summed E-state index contributed by atoms with van der Waals surface area (Å²) in [6.45, 7) is 8.64. The molecule has 1 fully saturated rings. The summed E-state index contributed by atoms with van der Waals surface area (Å²) in [7, 11) is 0. The van der Waals surface area contributed by atoms with E-state index in [4.69, 9.17) is 4.74 Å². The van der Waals surface area contributed by atoms with Crippen LogP contribution in [0.1, 0.15) is 44.6 Å². The maximum absolute atomic E-state index is 5.48. The van der Waals surface area contributed by atoms with Gasteiger partial charge >= 0.3 is 0 Å². The molecule has 1 N–H and O–H groups in total. The molecule has 2 rings (SSSR count). The average Bonchev–Trinajstić information content (AvgIpc) is 2.48. The Morgan fingerprint density at radius 3 is 2.45 bits per heavy atom. The maximum Gasteiger partial charge on any atom is 0.0468 e. The number of nitrogens with one attached hydrogen (secondary N) is 1. The highest BCUT2D eigenvalue weighted by molar-refractivity contribution is 5.20. The van der Waals surface area contributed by atoms with Crippen molar-refractivity contribution in [3.63, 3.8) is 0 Å². The Kier molecular flexibility index (Phi) is 6.55. The molecule has 1 aromatic rings. The van der Waals surface area contributed by atoms with Gasteiger partial charge in [0.1, 0.15) is 0 Å². The van der Waals surface area contributed by atoms with E-state index in [-0.39, 0.29) is 0 Å². The minimum Gasteiger partial charge on any atom is -0.381 e. The van der Waals surface area contributed by atoms with Crippen molar-refractivity contribution in [2.45, 2.75) is 39.0 Å². The third-order valence-corrected chi connectivity index (χ3v) is 4.17. The van der Waals surface area contributed by atoms with Crippen molar-refractivity contribution in [2.75, 3.05) is 26.3 Å². The van der Waals surface area contributed by atoms with Crippen molar-refractivity contribution >= 4 is 0 Å². The topological polar surface area (TPSA) is 21.3 Å². The first kappa shape index (κ1) is 15.5. The lowest BCUT2D eigenvalue weighted by Gasteiger charge is -2.27. The molecule has 1 saturated heterocycles. The van der Waals surface area contributed by atoms with Crippen LogP contribution in [0.5, 0.6) is 0 Å². The van der Waals surface area contributed by atoms with Crippen LogP contribution in [-0.4, -0.2) is 26.3 Å². The van der Waals surface area contributed by atoms with E-state index in [1.807, 2.05) is 0 Å². The summed E-state index contributed by atoms with van der Waals surface area (Å²) >= 11 is 0. The molecule has 1 aliphatic heterocycles. The van der Waals surface area contributed by atoms with Crippen LogP contribution in [0.4, 0.5) is 0 Å². The highest BCUT2D eigenvalue weighted by Gasteiger charge is 2.20. The summed E-state index contributed by atoms with van der Waals surface area (Å²) < 4.78 is 5.48. The smallest absolute Gasteiger partial charge is 0.0468 e. The van der Waals surface area contributed by atoms with E-state index in [2.05, 4.69) is 49.5 Å². The number of hydrogen-bond acceptors (Lipinski definition) is 2. The van der Waals surface area contributed by atoms with Crippen molar-refractivity contribution in [1.82, 2.24) is 5.32 Å². The minimum absolute atomic E-state index is 0.637. The van der Waals surface area contributed by atoms with Crippen LogP contribution in [0.15, 0.2) is 30.3 Å². The van der Waals surface area contributed by atoms with Crippen molar-refractivity contribution in [3.8, 4) is 0 Å². The molecule has 1 atom stereocenters. The first-order valence-electron chi connectivity index (χ1n) is 8.09. The molecule has 20 heavy (non-hydrogen) atoms. The van der Waals surface area contributed by atoms with E-state index < -0.39 is 0 Å². The van der Waals surface area contributed by atoms with Crippen LogP contribution in [0.3, 0.4) is 0 Å². The lowest BCUT2D eigenvalue weighted by Crippen LogP contribution is -2.28. The molecule has 1 heterocycles. The Balaban J connectivity index is 1.92. The molecule has 1 aromatic carbocycles. The lowest BCUT2D eigenvalue weighted by atomic mass is 9.85. The van der Waals surface area contributed by atoms with Crippen LogP contribution in [-0.2, 0) is 4.74 Å². The van der Waals surface area contributed by atoms with Crippen molar-refractivity contribution < 1.29 is 4.74 Å². The molecular weight excluding hydrogens is 246 g/mol. The highest BCUT2D eigenvalue weighted by atomic mass is 16.5. The molecule has 0 bridgehead atoms. The first-order valence-corrected chi connectivity index (χ1v) is 8.09. The van der Waals surface area contributed by atoms with Gasteiger partial charge in [0.15, 0.2) is 0 Å². The van der Waals surface area contributed by atoms with E-state index in [1.54, 1.807) is 0 Å². The Morgan fingerprint density at radius 2 is 1.80 bits per heavy atom. The molecule has 112 valence electrons. The van der Waals surface area contributed by atoms with Crippen LogP contribution in [0.2, 0.25) is 0 Å². The van der Waals surface area contributed by atoms with Gasteiger partial charge in [-0.1, -0.05) is 44.2 Å². The van der Waals surface area contributed by atoms with E-state index in [0.717, 1.165) is 38.1 Å². The molecule has 0 aliphatic carbocycles. The molecule has 0 aromatic heterocycles. The Labute approximate surface area is 123 Å². The number of ether oxygens (including phenoxy) is 1. The predicted octanol–water partition coefficient (Wildman–Crippen LogP) is 3.83. The van der Waals surface area contributed by atoms with Crippen LogP contribution < -0.4 is 5.32 Å². The standard InChI is InChI=1S/C18H29NO/c1-15(2)13-19-14-18(17-6-4-3-5-7-17)12-16-8-10-20-11-9-16/h3-7,15-16,18-19H,8-14H2,1-2H3. The summed E-state index contributed by atoms with van der Waals surface area (Å²) in [5.41, 5.74) is 1.48. The first-order chi connectivity index (χ1) is 9.75. The molecule has 2 heteroatoms. The lowest BCUT2D eigenvalue weighted by molar-refractivity contribution is 0.0616. The third kappa shape index (κ3) is 5.26. The molecule has 1 unspecified atom stereocenters.